The van der Waals surface area contributed by atoms with Crippen LogP contribution in [0.5, 0.6) is 0 Å². The minimum atomic E-state index is -0.446. The van der Waals surface area contributed by atoms with Crippen molar-refractivity contribution in [2.45, 2.75) is 64.1 Å². The monoisotopic (exact) mass is 361 g/mol. The summed E-state index contributed by atoms with van der Waals surface area (Å²) >= 11 is 3.59. The van der Waals surface area contributed by atoms with E-state index >= 15 is 0 Å². The molecular formula is C16H28BrNO3. The molecule has 0 N–H and O–H groups in total. The Morgan fingerprint density at radius 2 is 2.05 bits per heavy atom. The molecule has 1 aliphatic heterocycles. The highest BCUT2D eigenvalue weighted by molar-refractivity contribution is 9.09. The van der Waals surface area contributed by atoms with Gasteiger partial charge in [0.05, 0.1) is 18.8 Å². The summed E-state index contributed by atoms with van der Waals surface area (Å²) in [6, 6.07) is 0. The van der Waals surface area contributed by atoms with E-state index in [0.29, 0.717) is 6.54 Å². The maximum absolute atomic E-state index is 12.3. The Morgan fingerprint density at radius 3 is 2.57 bits per heavy atom. The molecule has 2 aliphatic rings. The van der Waals surface area contributed by atoms with Crippen molar-refractivity contribution in [3.63, 3.8) is 0 Å². The molecule has 1 saturated carbocycles. The standard InChI is InChI=1S/C16H28BrNO3/c1-15(2,3)21-14(19)18-9-5-8-16(11-17,12-18)20-10-13-6-4-7-13/h13H,4-12H2,1-3H3. The number of alkyl halides is 1. The van der Waals surface area contributed by atoms with Gasteiger partial charge in [-0.25, -0.2) is 4.79 Å². The molecule has 1 aliphatic carbocycles. The summed E-state index contributed by atoms with van der Waals surface area (Å²) in [7, 11) is 0. The van der Waals surface area contributed by atoms with Gasteiger partial charge in [-0.15, -0.1) is 0 Å². The van der Waals surface area contributed by atoms with E-state index in [-0.39, 0.29) is 11.7 Å². The second kappa shape index (κ2) is 6.86. The summed E-state index contributed by atoms with van der Waals surface area (Å²) in [5.41, 5.74) is -0.691. The van der Waals surface area contributed by atoms with Crippen LogP contribution >= 0.6 is 15.9 Å². The summed E-state index contributed by atoms with van der Waals surface area (Å²) < 4.78 is 11.7. The van der Waals surface area contributed by atoms with Crippen molar-refractivity contribution in [2.75, 3.05) is 25.0 Å². The lowest BCUT2D eigenvalue weighted by molar-refractivity contribution is -0.0932. The fourth-order valence-electron chi connectivity index (χ4n) is 2.80. The van der Waals surface area contributed by atoms with Gasteiger partial charge in [0.25, 0.3) is 0 Å². The van der Waals surface area contributed by atoms with Crippen molar-refractivity contribution in [3.05, 3.63) is 0 Å². The first-order valence-corrected chi connectivity index (χ1v) is 9.14. The normalized spacial score (nSPS) is 27.3. The average Bonchev–Trinajstić information content (AvgIpc) is 2.35. The smallest absolute Gasteiger partial charge is 0.410 e. The van der Waals surface area contributed by atoms with Crippen LogP contribution in [0.2, 0.25) is 0 Å². The minimum Gasteiger partial charge on any atom is -0.444 e. The van der Waals surface area contributed by atoms with Gasteiger partial charge in [-0.1, -0.05) is 22.4 Å². The predicted molar refractivity (Wildman–Crippen MR) is 86.9 cm³/mol. The zero-order valence-electron chi connectivity index (χ0n) is 13.5. The van der Waals surface area contributed by atoms with Gasteiger partial charge in [-0.2, -0.15) is 0 Å². The van der Waals surface area contributed by atoms with Crippen LogP contribution in [0, 0.1) is 5.92 Å². The molecule has 0 aromatic heterocycles. The molecule has 122 valence electrons. The van der Waals surface area contributed by atoms with Gasteiger partial charge < -0.3 is 14.4 Å². The van der Waals surface area contributed by atoms with Gasteiger partial charge in [0, 0.05) is 11.9 Å². The second-order valence-corrected chi connectivity index (χ2v) is 7.99. The Balaban J connectivity index is 1.91. The Bertz CT molecular complexity index is 365. The lowest BCUT2D eigenvalue weighted by Crippen LogP contribution is -2.54. The number of amides is 1. The van der Waals surface area contributed by atoms with Crippen molar-refractivity contribution in [1.29, 1.82) is 0 Å². The number of likely N-dealkylation sites (tertiary alicyclic amines) is 1. The van der Waals surface area contributed by atoms with E-state index < -0.39 is 5.60 Å². The van der Waals surface area contributed by atoms with Crippen LogP contribution < -0.4 is 0 Å². The number of hydrogen-bond donors (Lipinski definition) is 0. The van der Waals surface area contributed by atoms with Crippen LogP contribution in [0.15, 0.2) is 0 Å². The molecule has 1 heterocycles. The van der Waals surface area contributed by atoms with Crippen LogP contribution in [0.1, 0.15) is 52.9 Å². The van der Waals surface area contributed by atoms with Crippen LogP contribution in [-0.4, -0.2) is 47.2 Å². The van der Waals surface area contributed by atoms with E-state index in [1.54, 1.807) is 4.90 Å². The SMILES string of the molecule is CC(C)(C)OC(=O)N1CCCC(CBr)(OCC2CCC2)C1. The van der Waals surface area contributed by atoms with E-state index in [0.717, 1.165) is 37.2 Å². The molecule has 0 aromatic carbocycles. The maximum atomic E-state index is 12.3. The first kappa shape index (κ1) is 17.1. The van der Waals surface area contributed by atoms with Gasteiger partial charge >= 0.3 is 6.09 Å². The topological polar surface area (TPSA) is 38.8 Å². The van der Waals surface area contributed by atoms with Gasteiger partial charge in [-0.05, 0) is 52.4 Å². The number of carbonyl (C=O) groups is 1. The van der Waals surface area contributed by atoms with E-state index in [9.17, 15) is 4.79 Å². The lowest BCUT2D eigenvalue weighted by Gasteiger charge is -2.43. The molecule has 1 saturated heterocycles. The van der Waals surface area contributed by atoms with E-state index in [1.807, 2.05) is 20.8 Å². The molecule has 5 heteroatoms. The third-order valence-corrected chi connectivity index (χ3v) is 5.31. The summed E-state index contributed by atoms with van der Waals surface area (Å²) in [5, 5.41) is 0.770. The van der Waals surface area contributed by atoms with Crippen LogP contribution in [0.4, 0.5) is 4.79 Å². The quantitative estimate of drug-likeness (QED) is 0.711. The molecule has 1 amide bonds. The van der Waals surface area contributed by atoms with E-state index in [4.69, 9.17) is 9.47 Å². The van der Waals surface area contributed by atoms with Crippen molar-refractivity contribution in [3.8, 4) is 0 Å². The predicted octanol–water partition coefficient (Wildman–Crippen LogP) is 3.97. The zero-order chi connectivity index (χ0) is 15.5. The summed E-state index contributed by atoms with van der Waals surface area (Å²) in [5.74, 6) is 0.720. The fourth-order valence-corrected chi connectivity index (χ4v) is 3.42. The molecule has 0 spiro atoms. The molecule has 0 aromatic rings. The second-order valence-electron chi connectivity index (χ2n) is 7.43. The number of hydrogen-bond acceptors (Lipinski definition) is 3. The molecule has 21 heavy (non-hydrogen) atoms. The van der Waals surface area contributed by atoms with Gasteiger partial charge in [0.15, 0.2) is 0 Å². The van der Waals surface area contributed by atoms with Gasteiger partial charge in [-0.3, -0.25) is 0 Å². The number of halogens is 1. The molecule has 4 nitrogen and oxygen atoms in total. The Hall–Kier alpha value is -0.290. The van der Waals surface area contributed by atoms with Crippen LogP contribution in [-0.2, 0) is 9.47 Å². The highest BCUT2D eigenvalue weighted by Crippen LogP contribution is 2.32. The summed E-state index contributed by atoms with van der Waals surface area (Å²) in [6.07, 6.45) is 5.65. The average molecular weight is 362 g/mol. The first-order chi connectivity index (χ1) is 9.84. The van der Waals surface area contributed by atoms with Gasteiger partial charge in [0.1, 0.15) is 5.60 Å². The largest absolute Gasteiger partial charge is 0.444 e. The van der Waals surface area contributed by atoms with Crippen molar-refractivity contribution in [2.24, 2.45) is 5.92 Å². The highest BCUT2D eigenvalue weighted by atomic mass is 79.9. The molecular weight excluding hydrogens is 334 g/mol. The Labute approximate surface area is 136 Å². The molecule has 1 atom stereocenters. The lowest BCUT2D eigenvalue weighted by atomic mass is 9.86. The van der Waals surface area contributed by atoms with Crippen LogP contribution in [0.25, 0.3) is 0 Å². The van der Waals surface area contributed by atoms with E-state index in [1.165, 1.54) is 19.3 Å². The Kier molecular flexibility index (Phi) is 5.58. The van der Waals surface area contributed by atoms with Crippen molar-refractivity contribution >= 4 is 22.0 Å². The van der Waals surface area contributed by atoms with E-state index in [2.05, 4.69) is 15.9 Å². The fraction of sp³-hybridized carbons (Fsp3) is 0.938. The number of nitrogens with zero attached hydrogens (tertiary/aromatic N) is 1. The minimum absolute atomic E-state index is 0.222. The molecule has 1 unspecified atom stereocenters. The summed E-state index contributed by atoms with van der Waals surface area (Å²) in [4.78, 5) is 14.1. The third kappa shape index (κ3) is 4.85. The van der Waals surface area contributed by atoms with Crippen molar-refractivity contribution in [1.82, 2.24) is 4.90 Å². The van der Waals surface area contributed by atoms with Gasteiger partial charge in [0.2, 0.25) is 0 Å². The number of piperidine rings is 1. The number of rotatable bonds is 4. The molecule has 2 fully saturated rings. The molecule has 2 rings (SSSR count). The molecule has 0 bridgehead atoms. The number of carbonyl (C=O) groups excluding carboxylic acids is 1. The molecule has 0 radical (unpaired) electrons. The zero-order valence-corrected chi connectivity index (χ0v) is 15.1. The van der Waals surface area contributed by atoms with Crippen LogP contribution in [0.3, 0.4) is 0 Å². The summed E-state index contributed by atoms with van der Waals surface area (Å²) in [6.45, 7) is 7.92. The van der Waals surface area contributed by atoms with Crippen molar-refractivity contribution < 1.29 is 14.3 Å². The highest BCUT2D eigenvalue weighted by Gasteiger charge is 2.39. The number of ether oxygens (including phenoxy) is 2. The first-order valence-electron chi connectivity index (χ1n) is 8.01. The maximum Gasteiger partial charge on any atom is 0.410 e. The third-order valence-electron chi connectivity index (χ3n) is 4.28. The Morgan fingerprint density at radius 1 is 1.33 bits per heavy atom.